The molecule has 1 saturated carbocycles. The first kappa shape index (κ1) is 16.0. The van der Waals surface area contributed by atoms with Crippen LogP contribution in [0, 0.1) is 11.3 Å². The molecular formula is C14H29NO2S. The summed E-state index contributed by atoms with van der Waals surface area (Å²) in [6.07, 6.45) is 8.29. The summed E-state index contributed by atoms with van der Waals surface area (Å²) >= 11 is 0. The number of rotatable bonds is 6. The van der Waals surface area contributed by atoms with Crippen molar-refractivity contribution in [1.29, 1.82) is 0 Å². The molecule has 108 valence electrons. The molecule has 0 radical (unpaired) electrons. The van der Waals surface area contributed by atoms with Crippen LogP contribution in [0.2, 0.25) is 0 Å². The van der Waals surface area contributed by atoms with Gasteiger partial charge in [-0.1, -0.05) is 26.7 Å². The number of nitrogens with one attached hydrogen (secondary N) is 1. The maximum Gasteiger partial charge on any atom is 0.147 e. The van der Waals surface area contributed by atoms with Gasteiger partial charge in [0.25, 0.3) is 0 Å². The SMILES string of the molecule is CNC(CCCS(C)(=O)=O)C1CCCCC1(C)C. The number of hydrogen-bond donors (Lipinski definition) is 1. The highest BCUT2D eigenvalue weighted by atomic mass is 32.2. The molecule has 1 rings (SSSR count). The predicted molar refractivity (Wildman–Crippen MR) is 77.5 cm³/mol. The van der Waals surface area contributed by atoms with Crippen molar-refractivity contribution in [1.82, 2.24) is 5.32 Å². The minimum atomic E-state index is -2.82. The zero-order valence-corrected chi connectivity index (χ0v) is 13.1. The highest BCUT2D eigenvalue weighted by Gasteiger charge is 2.36. The fourth-order valence-electron chi connectivity index (χ4n) is 3.38. The maximum absolute atomic E-state index is 11.2. The van der Waals surface area contributed by atoms with E-state index in [1.807, 2.05) is 7.05 Å². The molecule has 0 heterocycles. The monoisotopic (exact) mass is 275 g/mol. The molecule has 4 heteroatoms. The first-order valence-electron chi connectivity index (χ1n) is 7.11. The van der Waals surface area contributed by atoms with Crippen molar-refractivity contribution in [3.8, 4) is 0 Å². The Bertz CT molecular complexity index is 349. The normalized spacial score (nSPS) is 25.9. The van der Waals surface area contributed by atoms with Gasteiger partial charge in [-0.15, -0.1) is 0 Å². The van der Waals surface area contributed by atoms with Crippen molar-refractivity contribution in [2.45, 2.75) is 58.4 Å². The van der Waals surface area contributed by atoms with Crippen LogP contribution >= 0.6 is 0 Å². The first-order chi connectivity index (χ1) is 8.26. The minimum Gasteiger partial charge on any atom is -0.317 e. The van der Waals surface area contributed by atoms with E-state index in [1.165, 1.54) is 31.9 Å². The van der Waals surface area contributed by atoms with E-state index in [2.05, 4.69) is 19.2 Å². The molecule has 0 amide bonds. The van der Waals surface area contributed by atoms with Crippen molar-refractivity contribution < 1.29 is 8.42 Å². The van der Waals surface area contributed by atoms with Gasteiger partial charge in [-0.2, -0.15) is 0 Å². The molecule has 0 aromatic heterocycles. The van der Waals surface area contributed by atoms with Gasteiger partial charge >= 0.3 is 0 Å². The second-order valence-electron chi connectivity index (χ2n) is 6.51. The summed E-state index contributed by atoms with van der Waals surface area (Å²) in [5.41, 5.74) is 0.386. The van der Waals surface area contributed by atoms with E-state index in [0.29, 0.717) is 23.1 Å². The van der Waals surface area contributed by atoms with Crippen molar-refractivity contribution in [3.63, 3.8) is 0 Å². The van der Waals surface area contributed by atoms with Crippen LogP contribution in [0.1, 0.15) is 52.4 Å². The van der Waals surface area contributed by atoms with E-state index in [4.69, 9.17) is 0 Å². The third-order valence-electron chi connectivity index (χ3n) is 4.48. The van der Waals surface area contributed by atoms with Gasteiger partial charge in [-0.25, -0.2) is 8.42 Å². The van der Waals surface area contributed by atoms with Gasteiger partial charge in [0.1, 0.15) is 9.84 Å². The van der Waals surface area contributed by atoms with Crippen LogP contribution in [0.25, 0.3) is 0 Å². The molecular weight excluding hydrogens is 246 g/mol. The van der Waals surface area contributed by atoms with E-state index in [0.717, 1.165) is 12.8 Å². The third-order valence-corrected chi connectivity index (χ3v) is 5.51. The van der Waals surface area contributed by atoms with Crippen LogP contribution < -0.4 is 5.32 Å². The van der Waals surface area contributed by atoms with Crippen LogP contribution in [0.15, 0.2) is 0 Å². The third kappa shape index (κ3) is 4.88. The summed E-state index contributed by atoms with van der Waals surface area (Å²) in [5.74, 6) is 0.994. The number of sulfone groups is 1. The van der Waals surface area contributed by atoms with E-state index in [9.17, 15) is 8.42 Å². The lowest BCUT2D eigenvalue weighted by Gasteiger charge is -2.43. The lowest BCUT2D eigenvalue weighted by Crippen LogP contribution is -2.43. The van der Waals surface area contributed by atoms with E-state index >= 15 is 0 Å². The Morgan fingerprint density at radius 1 is 1.33 bits per heavy atom. The fraction of sp³-hybridized carbons (Fsp3) is 1.00. The van der Waals surface area contributed by atoms with Crippen LogP contribution in [0.3, 0.4) is 0 Å². The van der Waals surface area contributed by atoms with Crippen LogP contribution in [0.5, 0.6) is 0 Å². The van der Waals surface area contributed by atoms with E-state index < -0.39 is 9.84 Å². The largest absolute Gasteiger partial charge is 0.317 e. The van der Waals surface area contributed by atoms with Crippen LogP contribution in [-0.4, -0.2) is 33.5 Å². The summed E-state index contributed by atoms with van der Waals surface area (Å²) in [6.45, 7) is 4.72. The molecule has 1 fully saturated rings. The highest BCUT2D eigenvalue weighted by molar-refractivity contribution is 7.90. The average Bonchev–Trinajstić information content (AvgIpc) is 2.23. The van der Waals surface area contributed by atoms with Gasteiger partial charge in [-0.05, 0) is 44.1 Å². The molecule has 0 aliphatic heterocycles. The molecule has 2 atom stereocenters. The summed E-state index contributed by atoms with van der Waals surface area (Å²) in [4.78, 5) is 0. The second kappa shape index (κ2) is 6.38. The Morgan fingerprint density at radius 3 is 2.50 bits per heavy atom. The molecule has 0 spiro atoms. The summed E-state index contributed by atoms with van der Waals surface area (Å²) < 4.78 is 22.4. The molecule has 1 aliphatic carbocycles. The molecule has 3 nitrogen and oxygen atoms in total. The van der Waals surface area contributed by atoms with Crippen LogP contribution in [0.4, 0.5) is 0 Å². The minimum absolute atomic E-state index is 0.318. The molecule has 0 aromatic rings. The Hall–Kier alpha value is -0.0900. The Labute approximate surface area is 113 Å². The standard InChI is InChI=1S/C14H29NO2S/c1-14(2)10-6-5-8-12(14)13(15-3)9-7-11-18(4,16)17/h12-13,15H,5-11H2,1-4H3. The van der Waals surface area contributed by atoms with Crippen molar-refractivity contribution >= 4 is 9.84 Å². The van der Waals surface area contributed by atoms with Gasteiger partial charge in [0.2, 0.25) is 0 Å². The average molecular weight is 275 g/mol. The molecule has 0 aromatic carbocycles. The topological polar surface area (TPSA) is 46.2 Å². The summed E-state index contributed by atoms with van der Waals surface area (Å²) in [5, 5.41) is 3.42. The van der Waals surface area contributed by atoms with Gasteiger partial charge in [0.05, 0.1) is 0 Å². The molecule has 2 unspecified atom stereocenters. The maximum atomic E-state index is 11.2. The molecule has 1 aliphatic rings. The molecule has 18 heavy (non-hydrogen) atoms. The summed E-state index contributed by atoms with van der Waals surface area (Å²) in [7, 11) is -0.806. The summed E-state index contributed by atoms with van der Waals surface area (Å²) in [6, 6.07) is 0.460. The molecule has 1 N–H and O–H groups in total. The van der Waals surface area contributed by atoms with E-state index in [-0.39, 0.29) is 0 Å². The van der Waals surface area contributed by atoms with Crippen molar-refractivity contribution in [2.24, 2.45) is 11.3 Å². The molecule has 0 saturated heterocycles. The zero-order chi connectivity index (χ0) is 13.8. The smallest absolute Gasteiger partial charge is 0.147 e. The zero-order valence-electron chi connectivity index (χ0n) is 12.3. The predicted octanol–water partition coefficient (Wildman–Crippen LogP) is 2.62. The Morgan fingerprint density at radius 2 is 2.00 bits per heavy atom. The first-order valence-corrected chi connectivity index (χ1v) is 9.17. The highest BCUT2D eigenvalue weighted by Crippen LogP contribution is 2.43. The van der Waals surface area contributed by atoms with Crippen molar-refractivity contribution in [3.05, 3.63) is 0 Å². The van der Waals surface area contributed by atoms with E-state index in [1.54, 1.807) is 0 Å². The lowest BCUT2D eigenvalue weighted by atomic mass is 9.65. The fourth-order valence-corrected chi connectivity index (χ4v) is 4.07. The Kier molecular flexibility index (Phi) is 5.66. The van der Waals surface area contributed by atoms with Gasteiger partial charge in [0, 0.05) is 18.1 Å². The Balaban J connectivity index is 2.54. The van der Waals surface area contributed by atoms with Gasteiger partial charge in [-0.3, -0.25) is 0 Å². The van der Waals surface area contributed by atoms with Gasteiger partial charge in [0.15, 0.2) is 0 Å². The number of hydrogen-bond acceptors (Lipinski definition) is 3. The lowest BCUT2D eigenvalue weighted by molar-refractivity contribution is 0.0975. The van der Waals surface area contributed by atoms with Gasteiger partial charge < -0.3 is 5.32 Å². The second-order valence-corrected chi connectivity index (χ2v) is 8.77. The van der Waals surface area contributed by atoms with Crippen LogP contribution in [-0.2, 0) is 9.84 Å². The van der Waals surface area contributed by atoms with Crippen molar-refractivity contribution in [2.75, 3.05) is 19.1 Å². The molecule has 0 bridgehead atoms. The quantitative estimate of drug-likeness (QED) is 0.810.